The van der Waals surface area contributed by atoms with E-state index in [1.807, 2.05) is 78.9 Å². The highest BCUT2D eigenvalue weighted by Crippen LogP contribution is 2.30. The van der Waals surface area contributed by atoms with Crippen molar-refractivity contribution in [1.82, 2.24) is 15.0 Å². The van der Waals surface area contributed by atoms with Gasteiger partial charge in [0, 0.05) is 23.4 Å². The number of aromatic nitrogens is 3. The summed E-state index contributed by atoms with van der Waals surface area (Å²) in [5, 5.41) is 0. The lowest BCUT2D eigenvalue weighted by molar-refractivity contribution is 0.101. The van der Waals surface area contributed by atoms with Gasteiger partial charge >= 0.3 is 0 Å². The molecule has 0 unspecified atom stereocenters. The zero-order chi connectivity index (χ0) is 23.3. The van der Waals surface area contributed by atoms with Gasteiger partial charge < -0.3 is 14.5 Å². The molecular formula is C28H23N3O3. The molecule has 0 saturated heterocycles. The summed E-state index contributed by atoms with van der Waals surface area (Å²) in [6, 6.07) is 27.5. The van der Waals surface area contributed by atoms with Crippen LogP contribution in [0.15, 0.2) is 91.1 Å². The molecule has 168 valence electrons. The first kappa shape index (κ1) is 21.4. The highest BCUT2D eigenvalue weighted by molar-refractivity contribution is 5.96. The molecule has 6 heteroatoms. The van der Waals surface area contributed by atoms with Gasteiger partial charge in [0.25, 0.3) is 0 Å². The molecule has 0 amide bonds. The SMILES string of the molecule is CC(=O)c1cnc2[nH]c(-c3cc(OCc4ccccc4)cc(OCc4ccccc4)c3)nc2c1. The van der Waals surface area contributed by atoms with Crippen LogP contribution >= 0.6 is 0 Å². The summed E-state index contributed by atoms with van der Waals surface area (Å²) in [6.45, 7) is 2.39. The third-order valence-electron chi connectivity index (χ3n) is 5.39. The number of fused-ring (bicyclic) bond motifs is 1. The van der Waals surface area contributed by atoms with E-state index in [-0.39, 0.29) is 5.78 Å². The topological polar surface area (TPSA) is 77.1 Å². The fraction of sp³-hybridized carbons (Fsp3) is 0.107. The van der Waals surface area contributed by atoms with Crippen molar-refractivity contribution in [1.29, 1.82) is 0 Å². The Bertz CT molecular complexity index is 1370. The van der Waals surface area contributed by atoms with Gasteiger partial charge in [0.1, 0.15) is 36.1 Å². The van der Waals surface area contributed by atoms with E-state index in [1.54, 1.807) is 12.3 Å². The lowest BCUT2D eigenvalue weighted by atomic mass is 10.2. The Morgan fingerprint density at radius 3 is 1.97 bits per heavy atom. The molecular weight excluding hydrogens is 426 g/mol. The van der Waals surface area contributed by atoms with Crippen molar-refractivity contribution in [3.8, 4) is 22.9 Å². The Hall–Kier alpha value is -4.45. The number of benzene rings is 3. The van der Waals surface area contributed by atoms with Crippen molar-refractivity contribution in [2.45, 2.75) is 20.1 Å². The second-order valence-corrected chi connectivity index (χ2v) is 7.97. The summed E-state index contributed by atoms with van der Waals surface area (Å²) in [5.41, 5.74) is 4.72. The third-order valence-corrected chi connectivity index (χ3v) is 5.39. The number of hydrogen-bond acceptors (Lipinski definition) is 5. The van der Waals surface area contributed by atoms with Gasteiger partial charge in [-0.25, -0.2) is 9.97 Å². The van der Waals surface area contributed by atoms with Crippen LogP contribution in [-0.2, 0) is 13.2 Å². The maximum absolute atomic E-state index is 11.7. The molecule has 1 N–H and O–H groups in total. The summed E-state index contributed by atoms with van der Waals surface area (Å²) < 4.78 is 12.2. The van der Waals surface area contributed by atoms with Crippen LogP contribution in [0.1, 0.15) is 28.4 Å². The number of rotatable bonds is 8. The smallest absolute Gasteiger partial charge is 0.161 e. The highest BCUT2D eigenvalue weighted by atomic mass is 16.5. The normalized spacial score (nSPS) is 10.9. The van der Waals surface area contributed by atoms with Crippen molar-refractivity contribution < 1.29 is 14.3 Å². The second-order valence-electron chi connectivity index (χ2n) is 7.97. The summed E-state index contributed by atoms with van der Waals surface area (Å²) in [6.07, 6.45) is 1.56. The van der Waals surface area contributed by atoms with E-state index < -0.39 is 0 Å². The zero-order valence-corrected chi connectivity index (χ0v) is 18.7. The van der Waals surface area contributed by atoms with Gasteiger partial charge in [0.15, 0.2) is 11.4 Å². The number of ether oxygens (including phenoxy) is 2. The second kappa shape index (κ2) is 9.58. The van der Waals surface area contributed by atoms with E-state index in [2.05, 4.69) is 15.0 Å². The van der Waals surface area contributed by atoms with Gasteiger partial charge in [-0.2, -0.15) is 0 Å². The minimum Gasteiger partial charge on any atom is -0.489 e. The molecule has 34 heavy (non-hydrogen) atoms. The van der Waals surface area contributed by atoms with Gasteiger partial charge in [-0.1, -0.05) is 60.7 Å². The minimum absolute atomic E-state index is 0.0492. The average molecular weight is 450 g/mol. The number of carbonyl (C=O) groups excluding carboxylic acids is 1. The molecule has 0 atom stereocenters. The van der Waals surface area contributed by atoms with Crippen LogP contribution in [0.25, 0.3) is 22.6 Å². The van der Waals surface area contributed by atoms with Crippen molar-refractivity contribution >= 4 is 16.9 Å². The van der Waals surface area contributed by atoms with Gasteiger partial charge in [0.05, 0.1) is 0 Å². The van der Waals surface area contributed by atoms with Crippen molar-refractivity contribution in [2.75, 3.05) is 0 Å². The quantitative estimate of drug-likeness (QED) is 0.295. The molecule has 0 fully saturated rings. The Morgan fingerprint density at radius 2 is 1.41 bits per heavy atom. The zero-order valence-electron chi connectivity index (χ0n) is 18.7. The largest absolute Gasteiger partial charge is 0.489 e. The maximum Gasteiger partial charge on any atom is 0.161 e. The molecule has 0 spiro atoms. The maximum atomic E-state index is 11.7. The minimum atomic E-state index is -0.0492. The molecule has 6 nitrogen and oxygen atoms in total. The molecule has 2 heterocycles. The van der Waals surface area contributed by atoms with E-state index in [0.717, 1.165) is 16.7 Å². The predicted octanol–water partition coefficient (Wildman–Crippen LogP) is 5.99. The molecule has 5 aromatic rings. The number of carbonyl (C=O) groups is 1. The van der Waals surface area contributed by atoms with E-state index >= 15 is 0 Å². The van der Waals surface area contributed by atoms with Gasteiger partial charge in [-0.3, -0.25) is 4.79 Å². The number of nitrogens with zero attached hydrogens (tertiary/aromatic N) is 2. The predicted molar refractivity (Wildman–Crippen MR) is 131 cm³/mol. The van der Waals surface area contributed by atoms with Crippen molar-refractivity contribution in [3.05, 3.63) is 108 Å². The first-order chi connectivity index (χ1) is 16.6. The van der Waals surface area contributed by atoms with Crippen molar-refractivity contribution in [2.24, 2.45) is 0 Å². The van der Waals surface area contributed by atoms with Gasteiger partial charge in [0.2, 0.25) is 0 Å². The monoisotopic (exact) mass is 449 g/mol. The van der Waals surface area contributed by atoms with Crippen LogP contribution in [0, 0.1) is 0 Å². The number of aromatic amines is 1. The number of hydrogen-bond donors (Lipinski definition) is 1. The lowest BCUT2D eigenvalue weighted by Gasteiger charge is -2.12. The van der Waals surface area contributed by atoms with E-state index in [0.29, 0.717) is 47.3 Å². The average Bonchev–Trinajstić information content (AvgIpc) is 3.31. The fourth-order valence-electron chi connectivity index (χ4n) is 3.58. The molecule has 2 aromatic heterocycles. The highest BCUT2D eigenvalue weighted by Gasteiger charge is 2.12. The number of H-pyrrole nitrogens is 1. The molecule has 0 saturated carbocycles. The van der Waals surface area contributed by atoms with Crippen molar-refractivity contribution in [3.63, 3.8) is 0 Å². The van der Waals surface area contributed by atoms with Crippen LogP contribution in [-0.4, -0.2) is 20.7 Å². The summed E-state index contributed by atoms with van der Waals surface area (Å²) >= 11 is 0. The molecule has 3 aromatic carbocycles. The first-order valence-corrected chi connectivity index (χ1v) is 11.0. The number of pyridine rings is 1. The molecule has 5 rings (SSSR count). The molecule has 0 radical (unpaired) electrons. The molecule has 0 aliphatic rings. The van der Waals surface area contributed by atoms with Crippen LogP contribution < -0.4 is 9.47 Å². The van der Waals surface area contributed by atoms with Gasteiger partial charge in [-0.15, -0.1) is 0 Å². The lowest BCUT2D eigenvalue weighted by Crippen LogP contribution is -1.99. The molecule has 0 bridgehead atoms. The van der Waals surface area contributed by atoms with Crippen LogP contribution in [0.2, 0.25) is 0 Å². The van der Waals surface area contributed by atoms with E-state index in [4.69, 9.17) is 9.47 Å². The Labute approximate surface area is 197 Å². The Kier molecular flexibility index (Phi) is 6.03. The van der Waals surface area contributed by atoms with E-state index in [1.165, 1.54) is 6.92 Å². The Balaban J connectivity index is 1.47. The summed E-state index contributed by atoms with van der Waals surface area (Å²) in [5.74, 6) is 1.91. The third kappa shape index (κ3) is 4.96. The van der Waals surface area contributed by atoms with Crippen LogP contribution in [0.4, 0.5) is 0 Å². The first-order valence-electron chi connectivity index (χ1n) is 11.0. The Morgan fingerprint density at radius 1 is 0.824 bits per heavy atom. The molecule has 0 aliphatic heterocycles. The fourth-order valence-corrected chi connectivity index (χ4v) is 3.58. The summed E-state index contributed by atoms with van der Waals surface area (Å²) in [7, 11) is 0. The van der Waals surface area contributed by atoms with Crippen LogP contribution in [0.5, 0.6) is 11.5 Å². The van der Waals surface area contributed by atoms with Gasteiger partial charge in [-0.05, 0) is 36.2 Å². The number of imidazole rings is 1. The van der Waals surface area contributed by atoms with Crippen LogP contribution in [0.3, 0.4) is 0 Å². The standard InChI is InChI=1S/C28H23N3O3/c1-19(32)23-14-26-28(29-16-23)31-27(30-26)22-12-24(33-17-20-8-4-2-5-9-20)15-25(13-22)34-18-21-10-6-3-7-11-21/h2-16H,17-18H2,1H3,(H,29,30,31). The molecule has 0 aliphatic carbocycles. The number of nitrogens with one attached hydrogen (secondary N) is 1. The summed E-state index contributed by atoms with van der Waals surface area (Å²) in [4.78, 5) is 24.0. The van der Waals surface area contributed by atoms with E-state index in [9.17, 15) is 4.79 Å². The number of Topliss-reactive ketones (excluding diaryl/α,β-unsaturated/α-hetero) is 1. The number of ketones is 1.